The van der Waals surface area contributed by atoms with E-state index in [0.717, 1.165) is 53.8 Å². The average molecular weight is 382 g/mol. The average Bonchev–Trinajstić information content (AvgIpc) is 3.12. The van der Waals surface area contributed by atoms with Gasteiger partial charge in [-0.15, -0.1) is 0 Å². The molecule has 27 heavy (non-hydrogen) atoms. The topological polar surface area (TPSA) is 45.7 Å². The van der Waals surface area contributed by atoms with Gasteiger partial charge in [0.2, 0.25) is 0 Å². The predicted octanol–water partition coefficient (Wildman–Crippen LogP) is 3.58. The maximum absolute atomic E-state index is 13.3. The number of aryl methyl sites for hydroxylation is 1. The molecule has 0 atom stereocenters. The summed E-state index contributed by atoms with van der Waals surface area (Å²) >= 11 is 1.57. The van der Waals surface area contributed by atoms with E-state index in [1.54, 1.807) is 11.3 Å². The van der Waals surface area contributed by atoms with Crippen LogP contribution in [0.1, 0.15) is 15.9 Å². The Labute approximate surface area is 163 Å². The Morgan fingerprint density at radius 1 is 1.19 bits per heavy atom. The molecule has 0 radical (unpaired) electrons. The highest BCUT2D eigenvalue weighted by Gasteiger charge is 2.22. The van der Waals surface area contributed by atoms with Crippen molar-refractivity contribution in [3.05, 3.63) is 59.7 Å². The molecule has 1 saturated heterocycles. The summed E-state index contributed by atoms with van der Waals surface area (Å²) in [6.07, 6.45) is 0. The molecule has 0 N–H and O–H groups in total. The molecule has 1 fully saturated rings. The van der Waals surface area contributed by atoms with Crippen molar-refractivity contribution in [2.24, 2.45) is 0 Å². The minimum Gasteiger partial charge on any atom is -0.379 e. The molecule has 0 spiro atoms. The van der Waals surface area contributed by atoms with E-state index in [1.165, 1.54) is 0 Å². The molecule has 2 heterocycles. The zero-order valence-corrected chi connectivity index (χ0v) is 16.2. The Morgan fingerprint density at radius 2 is 2.00 bits per heavy atom. The molecule has 1 amide bonds. The van der Waals surface area contributed by atoms with Crippen molar-refractivity contribution >= 4 is 32.6 Å². The van der Waals surface area contributed by atoms with Crippen LogP contribution >= 0.6 is 11.3 Å². The fraction of sp³-hybridized carbons (Fsp3) is 0.333. The Balaban J connectivity index is 1.62. The summed E-state index contributed by atoms with van der Waals surface area (Å²) in [5.74, 6) is 0.00557. The highest BCUT2D eigenvalue weighted by atomic mass is 32.1. The number of carbonyl (C=O) groups excluding carboxylic acids is 1. The van der Waals surface area contributed by atoms with Crippen LogP contribution in [0.4, 0.5) is 5.13 Å². The Bertz CT molecular complexity index is 901. The number of nitrogens with zero attached hydrogens (tertiary/aromatic N) is 3. The van der Waals surface area contributed by atoms with Gasteiger partial charge in [-0.1, -0.05) is 41.2 Å². The molecule has 5 nitrogen and oxygen atoms in total. The minimum absolute atomic E-state index is 0.00557. The van der Waals surface area contributed by atoms with Crippen LogP contribution in [-0.2, 0) is 4.74 Å². The number of ether oxygens (including phenoxy) is 1. The molecule has 1 aliphatic rings. The molecule has 0 saturated carbocycles. The first-order chi connectivity index (χ1) is 13.2. The largest absolute Gasteiger partial charge is 0.379 e. The fourth-order valence-electron chi connectivity index (χ4n) is 3.26. The van der Waals surface area contributed by atoms with Crippen molar-refractivity contribution in [2.45, 2.75) is 6.92 Å². The minimum atomic E-state index is 0.00557. The monoisotopic (exact) mass is 381 g/mol. The molecule has 3 aromatic rings. The molecule has 140 valence electrons. The first kappa shape index (κ1) is 18.1. The van der Waals surface area contributed by atoms with Gasteiger partial charge in [-0.05, 0) is 31.2 Å². The van der Waals surface area contributed by atoms with Crippen molar-refractivity contribution in [1.29, 1.82) is 0 Å². The van der Waals surface area contributed by atoms with Crippen LogP contribution in [-0.4, -0.2) is 55.2 Å². The maximum atomic E-state index is 13.3. The van der Waals surface area contributed by atoms with E-state index in [2.05, 4.69) is 4.90 Å². The van der Waals surface area contributed by atoms with Crippen LogP contribution in [0.5, 0.6) is 0 Å². The zero-order chi connectivity index (χ0) is 18.6. The number of carbonyl (C=O) groups is 1. The maximum Gasteiger partial charge on any atom is 0.260 e. The number of fused-ring (bicyclic) bond motifs is 1. The number of rotatable bonds is 5. The van der Waals surface area contributed by atoms with Crippen LogP contribution in [0.3, 0.4) is 0 Å². The van der Waals surface area contributed by atoms with Gasteiger partial charge in [0.15, 0.2) is 5.13 Å². The molecule has 0 bridgehead atoms. The Kier molecular flexibility index (Phi) is 5.48. The van der Waals surface area contributed by atoms with Crippen molar-refractivity contribution in [3.63, 3.8) is 0 Å². The fourth-order valence-corrected chi connectivity index (χ4v) is 4.25. The van der Waals surface area contributed by atoms with Gasteiger partial charge >= 0.3 is 0 Å². The number of thiazole rings is 1. The SMILES string of the molecule is Cc1cccc(C(=O)N(CCN2CCOCC2)c2nc3ccccc3s2)c1. The van der Waals surface area contributed by atoms with Gasteiger partial charge in [-0.2, -0.15) is 0 Å². The zero-order valence-electron chi connectivity index (χ0n) is 15.4. The van der Waals surface area contributed by atoms with E-state index in [0.29, 0.717) is 12.1 Å². The van der Waals surface area contributed by atoms with E-state index < -0.39 is 0 Å². The molecule has 1 aromatic heterocycles. The quantitative estimate of drug-likeness (QED) is 0.678. The summed E-state index contributed by atoms with van der Waals surface area (Å²) in [5.41, 5.74) is 2.72. The van der Waals surface area contributed by atoms with E-state index in [1.807, 2.05) is 60.4 Å². The number of para-hydroxylation sites is 1. The highest BCUT2D eigenvalue weighted by Crippen LogP contribution is 2.29. The molecule has 2 aromatic carbocycles. The Hall–Kier alpha value is -2.28. The first-order valence-electron chi connectivity index (χ1n) is 9.25. The number of anilines is 1. The van der Waals surface area contributed by atoms with Gasteiger partial charge in [0.05, 0.1) is 23.4 Å². The lowest BCUT2D eigenvalue weighted by molar-refractivity contribution is 0.0391. The first-order valence-corrected chi connectivity index (χ1v) is 10.1. The molecular weight excluding hydrogens is 358 g/mol. The summed E-state index contributed by atoms with van der Waals surface area (Å²) in [5, 5.41) is 0.760. The molecule has 0 aliphatic carbocycles. The summed E-state index contributed by atoms with van der Waals surface area (Å²) < 4.78 is 6.53. The van der Waals surface area contributed by atoms with Gasteiger partial charge < -0.3 is 4.74 Å². The van der Waals surface area contributed by atoms with Gasteiger partial charge in [-0.25, -0.2) is 4.98 Å². The van der Waals surface area contributed by atoms with Crippen LogP contribution < -0.4 is 4.90 Å². The van der Waals surface area contributed by atoms with Gasteiger partial charge in [-0.3, -0.25) is 14.6 Å². The van der Waals surface area contributed by atoms with Gasteiger partial charge in [0.1, 0.15) is 0 Å². The summed E-state index contributed by atoms with van der Waals surface area (Å²) in [7, 11) is 0. The standard InChI is InChI=1S/C21H23N3O2S/c1-16-5-4-6-17(15-16)20(25)24(10-9-23-11-13-26-14-12-23)21-22-18-7-2-3-8-19(18)27-21/h2-8,15H,9-14H2,1H3. The lowest BCUT2D eigenvalue weighted by Gasteiger charge is -2.29. The molecule has 1 aliphatic heterocycles. The molecular formula is C21H23N3O2S. The second-order valence-corrected chi connectivity index (χ2v) is 7.75. The lowest BCUT2D eigenvalue weighted by atomic mass is 10.1. The number of hydrogen-bond donors (Lipinski definition) is 0. The second-order valence-electron chi connectivity index (χ2n) is 6.74. The van der Waals surface area contributed by atoms with E-state index in [9.17, 15) is 4.79 Å². The van der Waals surface area contributed by atoms with Crippen molar-refractivity contribution < 1.29 is 9.53 Å². The van der Waals surface area contributed by atoms with Gasteiger partial charge in [0, 0.05) is 31.7 Å². The molecule has 0 unspecified atom stereocenters. The summed E-state index contributed by atoms with van der Waals surface area (Å²) in [6.45, 7) is 6.77. The Morgan fingerprint density at radius 3 is 2.78 bits per heavy atom. The smallest absolute Gasteiger partial charge is 0.260 e. The third-order valence-corrected chi connectivity index (χ3v) is 5.83. The van der Waals surface area contributed by atoms with E-state index in [4.69, 9.17) is 9.72 Å². The summed E-state index contributed by atoms with van der Waals surface area (Å²) in [6, 6.07) is 15.8. The van der Waals surface area contributed by atoms with Crippen LogP contribution in [0.25, 0.3) is 10.2 Å². The van der Waals surface area contributed by atoms with Crippen LogP contribution in [0.15, 0.2) is 48.5 Å². The predicted molar refractivity (Wildman–Crippen MR) is 110 cm³/mol. The number of aromatic nitrogens is 1. The molecule has 6 heteroatoms. The van der Waals surface area contributed by atoms with Crippen molar-refractivity contribution in [3.8, 4) is 0 Å². The number of benzene rings is 2. The summed E-state index contributed by atoms with van der Waals surface area (Å²) in [4.78, 5) is 22.2. The van der Waals surface area contributed by atoms with Crippen LogP contribution in [0, 0.1) is 6.92 Å². The van der Waals surface area contributed by atoms with Gasteiger partial charge in [0.25, 0.3) is 5.91 Å². The second kappa shape index (κ2) is 8.17. The third kappa shape index (κ3) is 4.18. The molecule has 4 rings (SSSR count). The third-order valence-electron chi connectivity index (χ3n) is 4.77. The van der Waals surface area contributed by atoms with Crippen molar-refractivity contribution in [2.75, 3.05) is 44.3 Å². The number of morpholine rings is 1. The number of hydrogen-bond acceptors (Lipinski definition) is 5. The highest BCUT2D eigenvalue weighted by molar-refractivity contribution is 7.22. The normalized spacial score (nSPS) is 15.1. The van der Waals surface area contributed by atoms with Crippen LogP contribution in [0.2, 0.25) is 0 Å². The lowest BCUT2D eigenvalue weighted by Crippen LogP contribution is -2.43. The van der Waals surface area contributed by atoms with E-state index in [-0.39, 0.29) is 5.91 Å². The van der Waals surface area contributed by atoms with Crippen molar-refractivity contribution in [1.82, 2.24) is 9.88 Å². The number of amides is 1. The van der Waals surface area contributed by atoms with E-state index >= 15 is 0 Å².